The Labute approximate surface area is 103 Å². The Morgan fingerprint density at radius 2 is 2.00 bits per heavy atom. The molecule has 0 N–H and O–H groups in total. The highest BCUT2D eigenvalue weighted by Crippen LogP contribution is 2.32. The van der Waals surface area contributed by atoms with E-state index < -0.39 is 0 Å². The van der Waals surface area contributed by atoms with Crippen molar-refractivity contribution in [1.29, 1.82) is 0 Å². The van der Waals surface area contributed by atoms with Gasteiger partial charge < -0.3 is 4.90 Å². The van der Waals surface area contributed by atoms with Crippen LogP contribution in [0.15, 0.2) is 36.4 Å². The number of anilines is 2. The minimum absolute atomic E-state index is 0.659. The van der Waals surface area contributed by atoms with Gasteiger partial charge in [0.1, 0.15) is 0 Å². The third kappa shape index (κ3) is 1.29. The number of hydrogen-bond donors (Lipinski definition) is 0. The van der Waals surface area contributed by atoms with E-state index >= 15 is 0 Å². The second-order valence-corrected chi connectivity index (χ2v) is 4.25. The molecule has 1 aliphatic rings. The summed E-state index contributed by atoms with van der Waals surface area (Å²) in [5.74, 6) is 0.875. The van der Waals surface area contributed by atoms with E-state index in [-0.39, 0.29) is 0 Å². The minimum Gasteiger partial charge on any atom is -0.324 e. The summed E-state index contributed by atoms with van der Waals surface area (Å²) in [4.78, 5) is 2.19. The Hall–Kier alpha value is -2.50. The van der Waals surface area contributed by atoms with Crippen LogP contribution in [-0.2, 0) is 6.42 Å². The van der Waals surface area contributed by atoms with Crippen molar-refractivity contribution >= 4 is 17.2 Å². The highest BCUT2D eigenvalue weighted by molar-refractivity contribution is 5.67. The van der Waals surface area contributed by atoms with E-state index in [4.69, 9.17) is 0 Å². The van der Waals surface area contributed by atoms with E-state index in [1.165, 1.54) is 15.9 Å². The smallest absolute Gasteiger partial charge is 0.200 e. The number of fused-ring (bicyclic) bond motifs is 2. The molecule has 18 heavy (non-hydrogen) atoms. The summed E-state index contributed by atoms with van der Waals surface area (Å²) in [6.45, 7) is 0.944. The maximum absolute atomic E-state index is 4.42. The molecule has 0 bridgehead atoms. The number of para-hydroxylation sites is 1. The molecule has 0 radical (unpaired) electrons. The molecule has 0 unspecified atom stereocenters. The van der Waals surface area contributed by atoms with E-state index in [1.54, 1.807) is 0 Å². The van der Waals surface area contributed by atoms with Crippen LogP contribution in [0.5, 0.6) is 0 Å². The number of rotatable bonds is 1. The lowest BCUT2D eigenvalue weighted by atomic mass is 10.2. The lowest BCUT2D eigenvalue weighted by Gasteiger charge is -2.17. The lowest BCUT2D eigenvalue weighted by Crippen LogP contribution is -2.16. The van der Waals surface area contributed by atoms with Crippen molar-refractivity contribution in [3.8, 4) is 0 Å². The van der Waals surface area contributed by atoms with Gasteiger partial charge in [0, 0.05) is 12.2 Å². The SMILES string of the molecule is c1ccc2c(c1)CCN2c1ccc2nnnn2n1. The molecule has 1 aliphatic heterocycles. The third-order valence-corrected chi connectivity index (χ3v) is 3.22. The van der Waals surface area contributed by atoms with E-state index in [2.05, 4.69) is 43.7 Å². The van der Waals surface area contributed by atoms with Crippen LogP contribution in [0.3, 0.4) is 0 Å². The number of benzene rings is 1. The molecule has 3 aromatic rings. The zero-order valence-electron chi connectivity index (χ0n) is 9.56. The fourth-order valence-corrected chi connectivity index (χ4v) is 2.36. The fraction of sp³-hybridized carbons (Fsp3) is 0.167. The molecule has 0 atom stereocenters. The van der Waals surface area contributed by atoms with Crippen LogP contribution in [0.25, 0.3) is 5.65 Å². The van der Waals surface area contributed by atoms with Gasteiger partial charge in [0.05, 0.1) is 0 Å². The summed E-state index contributed by atoms with van der Waals surface area (Å²) < 4.78 is 1.45. The van der Waals surface area contributed by atoms with Gasteiger partial charge in [-0.1, -0.05) is 18.2 Å². The Morgan fingerprint density at radius 3 is 3.00 bits per heavy atom. The highest BCUT2D eigenvalue weighted by Gasteiger charge is 2.21. The summed E-state index contributed by atoms with van der Waals surface area (Å²) in [6.07, 6.45) is 1.05. The number of hydrogen-bond acceptors (Lipinski definition) is 5. The quantitative estimate of drug-likeness (QED) is 0.637. The van der Waals surface area contributed by atoms with Gasteiger partial charge in [0.25, 0.3) is 0 Å². The maximum Gasteiger partial charge on any atom is 0.200 e. The van der Waals surface area contributed by atoms with Crippen LogP contribution in [-0.4, -0.2) is 31.8 Å². The van der Waals surface area contributed by atoms with Crippen LogP contribution >= 0.6 is 0 Å². The maximum atomic E-state index is 4.42. The highest BCUT2D eigenvalue weighted by atomic mass is 15.6. The molecule has 2 aromatic heterocycles. The molecule has 0 saturated heterocycles. The number of tetrazole rings is 1. The van der Waals surface area contributed by atoms with Crippen molar-refractivity contribution in [3.05, 3.63) is 42.0 Å². The lowest BCUT2D eigenvalue weighted by molar-refractivity contribution is 0.728. The molecule has 0 spiro atoms. The second kappa shape index (κ2) is 3.49. The molecule has 0 aliphatic carbocycles. The number of nitrogens with zero attached hydrogens (tertiary/aromatic N) is 6. The molecule has 0 amide bonds. The van der Waals surface area contributed by atoms with Gasteiger partial charge in [-0.05, 0) is 40.6 Å². The Morgan fingerprint density at radius 1 is 1.06 bits per heavy atom. The average Bonchev–Trinajstić information content (AvgIpc) is 3.04. The zero-order chi connectivity index (χ0) is 11.9. The zero-order valence-corrected chi connectivity index (χ0v) is 9.56. The van der Waals surface area contributed by atoms with Crippen molar-refractivity contribution in [3.63, 3.8) is 0 Å². The molecule has 4 rings (SSSR count). The fourth-order valence-electron chi connectivity index (χ4n) is 2.36. The molecule has 88 valence electrons. The predicted octanol–water partition coefficient (Wildman–Crippen LogP) is 1.21. The summed E-state index contributed by atoms with van der Waals surface area (Å²) in [6, 6.07) is 12.2. The van der Waals surface area contributed by atoms with E-state index in [0.717, 1.165) is 18.8 Å². The van der Waals surface area contributed by atoms with Gasteiger partial charge in [-0.25, -0.2) is 0 Å². The first kappa shape index (κ1) is 9.52. The Kier molecular flexibility index (Phi) is 1.85. The van der Waals surface area contributed by atoms with Gasteiger partial charge in [-0.3, -0.25) is 0 Å². The van der Waals surface area contributed by atoms with Gasteiger partial charge in [-0.2, -0.15) is 0 Å². The molecule has 0 fully saturated rings. The predicted molar refractivity (Wildman–Crippen MR) is 65.7 cm³/mol. The topological polar surface area (TPSA) is 59.2 Å². The molecular weight excluding hydrogens is 228 g/mol. The molecular formula is C12H10N6. The summed E-state index contributed by atoms with van der Waals surface area (Å²) in [5.41, 5.74) is 3.24. The Bertz CT molecular complexity index is 719. The van der Waals surface area contributed by atoms with Crippen LogP contribution in [0.1, 0.15) is 5.56 Å². The molecule has 3 heterocycles. The molecule has 6 nitrogen and oxygen atoms in total. The van der Waals surface area contributed by atoms with E-state index in [1.807, 2.05) is 18.2 Å². The van der Waals surface area contributed by atoms with Gasteiger partial charge >= 0.3 is 0 Å². The average molecular weight is 238 g/mol. The van der Waals surface area contributed by atoms with Crippen molar-refractivity contribution in [2.45, 2.75) is 6.42 Å². The molecule has 6 heteroatoms. The van der Waals surface area contributed by atoms with Crippen LogP contribution in [0, 0.1) is 0 Å². The summed E-state index contributed by atoms with van der Waals surface area (Å²) in [7, 11) is 0. The minimum atomic E-state index is 0.659. The van der Waals surface area contributed by atoms with Crippen LogP contribution in [0.2, 0.25) is 0 Å². The largest absolute Gasteiger partial charge is 0.324 e. The third-order valence-electron chi connectivity index (χ3n) is 3.22. The monoisotopic (exact) mass is 238 g/mol. The van der Waals surface area contributed by atoms with Gasteiger partial charge in [0.2, 0.25) is 0 Å². The first-order valence-corrected chi connectivity index (χ1v) is 5.83. The standard InChI is InChI=1S/C12H10N6/c1-2-4-10-9(3-1)7-8-17(10)12-6-5-11-13-15-16-18(11)14-12/h1-6H,7-8H2. The van der Waals surface area contributed by atoms with Crippen LogP contribution < -0.4 is 4.90 Å². The number of aromatic nitrogens is 5. The summed E-state index contributed by atoms with van der Waals surface area (Å²) >= 11 is 0. The van der Waals surface area contributed by atoms with Crippen molar-refractivity contribution in [2.24, 2.45) is 0 Å². The van der Waals surface area contributed by atoms with Crippen molar-refractivity contribution in [1.82, 2.24) is 25.3 Å². The first-order chi connectivity index (χ1) is 8.92. The van der Waals surface area contributed by atoms with Crippen molar-refractivity contribution < 1.29 is 0 Å². The van der Waals surface area contributed by atoms with Gasteiger partial charge in [-0.15, -0.1) is 14.8 Å². The Balaban J connectivity index is 1.84. The van der Waals surface area contributed by atoms with Gasteiger partial charge in [0.15, 0.2) is 11.5 Å². The normalized spacial score (nSPS) is 14.1. The molecule has 1 aromatic carbocycles. The van der Waals surface area contributed by atoms with Crippen LogP contribution in [0.4, 0.5) is 11.5 Å². The second-order valence-electron chi connectivity index (χ2n) is 4.25. The molecule has 0 saturated carbocycles. The van der Waals surface area contributed by atoms with E-state index in [9.17, 15) is 0 Å². The van der Waals surface area contributed by atoms with E-state index in [0.29, 0.717) is 5.65 Å². The van der Waals surface area contributed by atoms with Crippen molar-refractivity contribution in [2.75, 3.05) is 11.4 Å². The summed E-state index contributed by atoms with van der Waals surface area (Å²) in [5, 5.41) is 15.7. The first-order valence-electron chi connectivity index (χ1n) is 5.83.